The zero-order valence-electron chi connectivity index (χ0n) is 18.8. The number of hydrogen-bond donors (Lipinski definition) is 1. The average Bonchev–Trinajstić information content (AvgIpc) is 3.08. The number of nitrogens with zero attached hydrogens (tertiary/aromatic N) is 3. The van der Waals surface area contributed by atoms with E-state index < -0.39 is 17.3 Å². The minimum Gasteiger partial charge on any atom is -0.497 e. The number of hydrogen-bond acceptors (Lipinski definition) is 4. The standard InChI is InChI=1S/C25H26FN3O4/c1-15(31)28-12-25(13-28)14-29(24(32)16-4-6-17(26)7-5-16)21(11-30)23-22(25)19-9-8-18(33-3)10-20(19)27(23)2/h4-10,21,30H,11-14H2,1-3H3/t21-/m1/s1. The van der Waals surface area contributed by atoms with Crippen LogP contribution in [0.1, 0.15) is 34.6 Å². The lowest BCUT2D eigenvalue weighted by Crippen LogP contribution is -2.68. The molecule has 33 heavy (non-hydrogen) atoms. The molecular weight excluding hydrogens is 425 g/mol. The van der Waals surface area contributed by atoms with Gasteiger partial charge >= 0.3 is 0 Å². The first kappa shape index (κ1) is 21.5. The van der Waals surface area contributed by atoms with E-state index in [1.165, 1.54) is 24.3 Å². The van der Waals surface area contributed by atoms with Crippen LogP contribution in [0.5, 0.6) is 5.75 Å². The molecule has 1 atom stereocenters. The molecule has 0 unspecified atom stereocenters. The summed E-state index contributed by atoms with van der Waals surface area (Å²) >= 11 is 0. The van der Waals surface area contributed by atoms with E-state index in [0.29, 0.717) is 30.9 Å². The number of carbonyl (C=O) groups is 2. The number of likely N-dealkylation sites (tertiary alicyclic amines) is 1. The number of aliphatic hydroxyl groups is 1. The highest BCUT2D eigenvalue weighted by Crippen LogP contribution is 2.49. The maximum atomic E-state index is 13.5. The van der Waals surface area contributed by atoms with E-state index in [9.17, 15) is 19.1 Å². The van der Waals surface area contributed by atoms with Crippen molar-refractivity contribution in [2.24, 2.45) is 7.05 Å². The topological polar surface area (TPSA) is 75.0 Å². The number of aromatic nitrogens is 1. The van der Waals surface area contributed by atoms with Crippen LogP contribution in [0.15, 0.2) is 42.5 Å². The number of carbonyl (C=O) groups excluding carboxylic acids is 2. The second kappa shape index (κ2) is 7.59. The second-order valence-corrected chi connectivity index (χ2v) is 9.00. The highest BCUT2D eigenvalue weighted by molar-refractivity contribution is 5.96. The van der Waals surface area contributed by atoms with Crippen molar-refractivity contribution in [2.45, 2.75) is 18.4 Å². The summed E-state index contributed by atoms with van der Waals surface area (Å²) in [5, 5.41) is 11.5. The maximum absolute atomic E-state index is 13.5. The van der Waals surface area contributed by atoms with Gasteiger partial charge in [0.15, 0.2) is 0 Å². The number of halogens is 1. The Morgan fingerprint density at radius 3 is 2.45 bits per heavy atom. The van der Waals surface area contributed by atoms with Crippen molar-refractivity contribution in [1.82, 2.24) is 14.4 Å². The van der Waals surface area contributed by atoms with E-state index in [1.54, 1.807) is 23.8 Å². The SMILES string of the molecule is COc1ccc2c3c(n(C)c2c1)[C@@H](CO)N(C(=O)c1ccc(F)cc1)CC31CN(C(C)=O)C1. The number of rotatable bonds is 3. The van der Waals surface area contributed by atoms with Crippen molar-refractivity contribution in [3.63, 3.8) is 0 Å². The van der Waals surface area contributed by atoms with Gasteiger partial charge in [-0.1, -0.05) is 0 Å². The first-order valence-corrected chi connectivity index (χ1v) is 10.9. The molecule has 0 bridgehead atoms. The largest absolute Gasteiger partial charge is 0.497 e. The summed E-state index contributed by atoms with van der Waals surface area (Å²) in [6, 6.07) is 10.7. The molecule has 0 saturated carbocycles. The molecule has 3 aromatic rings. The van der Waals surface area contributed by atoms with Gasteiger partial charge < -0.3 is 24.2 Å². The molecular formula is C25H26FN3O4. The Morgan fingerprint density at radius 2 is 1.85 bits per heavy atom. The van der Waals surface area contributed by atoms with Gasteiger partial charge in [-0.2, -0.15) is 0 Å². The summed E-state index contributed by atoms with van der Waals surface area (Å²) in [5.41, 5.74) is 2.77. The van der Waals surface area contributed by atoms with Gasteiger partial charge in [-0.25, -0.2) is 4.39 Å². The molecule has 2 aliphatic heterocycles. The smallest absolute Gasteiger partial charge is 0.254 e. The van der Waals surface area contributed by atoms with Gasteiger partial charge in [0.2, 0.25) is 5.91 Å². The lowest BCUT2D eigenvalue weighted by molar-refractivity contribution is -0.137. The average molecular weight is 451 g/mol. The molecule has 8 heteroatoms. The van der Waals surface area contributed by atoms with Crippen LogP contribution in [0.3, 0.4) is 0 Å². The van der Waals surface area contributed by atoms with Crippen LogP contribution in [0.2, 0.25) is 0 Å². The van der Waals surface area contributed by atoms with Crippen molar-refractivity contribution < 1.29 is 23.8 Å². The molecule has 3 heterocycles. The van der Waals surface area contributed by atoms with E-state index in [0.717, 1.165) is 22.2 Å². The molecule has 1 aromatic heterocycles. The molecule has 0 radical (unpaired) electrons. The molecule has 7 nitrogen and oxygen atoms in total. The summed E-state index contributed by atoms with van der Waals surface area (Å²) in [6.07, 6.45) is 0. The number of benzene rings is 2. The molecule has 1 saturated heterocycles. The number of aryl methyl sites for hydroxylation is 1. The summed E-state index contributed by atoms with van der Waals surface area (Å²) in [7, 11) is 3.53. The minimum atomic E-state index is -0.571. The third-order valence-corrected chi connectivity index (χ3v) is 7.11. The summed E-state index contributed by atoms with van der Waals surface area (Å²) in [6.45, 7) is 2.63. The Morgan fingerprint density at radius 1 is 1.15 bits per heavy atom. The first-order chi connectivity index (χ1) is 15.8. The Bertz CT molecular complexity index is 1260. The fourth-order valence-electron chi connectivity index (χ4n) is 5.50. The predicted octanol–water partition coefficient (Wildman–Crippen LogP) is 2.62. The molecule has 1 fully saturated rings. The number of fused-ring (bicyclic) bond motifs is 4. The monoisotopic (exact) mass is 451 g/mol. The fraction of sp³-hybridized carbons (Fsp3) is 0.360. The zero-order valence-corrected chi connectivity index (χ0v) is 18.8. The van der Waals surface area contributed by atoms with Crippen LogP contribution in [0.25, 0.3) is 10.9 Å². The van der Waals surface area contributed by atoms with Crippen molar-refractivity contribution in [1.29, 1.82) is 0 Å². The van der Waals surface area contributed by atoms with Gasteiger partial charge in [0.1, 0.15) is 11.6 Å². The molecule has 1 spiro atoms. The van der Waals surface area contributed by atoms with Crippen molar-refractivity contribution in [3.8, 4) is 5.75 Å². The Kier molecular flexibility index (Phi) is 4.93. The number of aliphatic hydroxyl groups excluding tert-OH is 1. The summed E-state index contributed by atoms with van der Waals surface area (Å²) in [5.74, 6) is 0.0163. The third kappa shape index (κ3) is 3.12. The van der Waals surface area contributed by atoms with Crippen LogP contribution in [-0.2, 0) is 17.3 Å². The maximum Gasteiger partial charge on any atom is 0.254 e. The Labute approximate surface area is 191 Å². The summed E-state index contributed by atoms with van der Waals surface area (Å²) < 4.78 is 20.9. The van der Waals surface area contributed by atoms with Gasteiger partial charge in [-0.15, -0.1) is 0 Å². The van der Waals surface area contributed by atoms with Crippen LogP contribution >= 0.6 is 0 Å². The molecule has 2 aromatic carbocycles. The molecule has 2 amide bonds. The van der Waals surface area contributed by atoms with Crippen LogP contribution < -0.4 is 4.74 Å². The van der Waals surface area contributed by atoms with Crippen molar-refractivity contribution in [2.75, 3.05) is 33.4 Å². The highest BCUT2D eigenvalue weighted by Gasteiger charge is 2.55. The highest BCUT2D eigenvalue weighted by atomic mass is 19.1. The lowest BCUT2D eigenvalue weighted by atomic mass is 9.68. The van der Waals surface area contributed by atoms with E-state index in [2.05, 4.69) is 0 Å². The Hall–Kier alpha value is -3.39. The number of methoxy groups -OCH3 is 1. The van der Waals surface area contributed by atoms with Crippen LogP contribution in [-0.4, -0.2) is 64.6 Å². The van der Waals surface area contributed by atoms with Gasteiger partial charge in [-0.3, -0.25) is 9.59 Å². The molecule has 0 aliphatic carbocycles. The normalized spacial score (nSPS) is 18.9. The molecule has 5 rings (SSSR count). The van der Waals surface area contributed by atoms with Gasteiger partial charge in [0.05, 0.1) is 30.7 Å². The minimum absolute atomic E-state index is 0.00947. The first-order valence-electron chi connectivity index (χ1n) is 10.9. The van der Waals surface area contributed by atoms with Crippen LogP contribution in [0.4, 0.5) is 4.39 Å². The second-order valence-electron chi connectivity index (χ2n) is 9.00. The number of amides is 2. The molecule has 2 aliphatic rings. The van der Waals surface area contributed by atoms with E-state index in [1.807, 2.05) is 29.8 Å². The van der Waals surface area contributed by atoms with Gasteiger partial charge in [-0.05, 0) is 42.0 Å². The lowest BCUT2D eigenvalue weighted by Gasteiger charge is -2.56. The van der Waals surface area contributed by atoms with Gasteiger partial charge in [0, 0.05) is 56.3 Å². The van der Waals surface area contributed by atoms with E-state index in [4.69, 9.17) is 4.74 Å². The number of ether oxygens (including phenoxy) is 1. The van der Waals surface area contributed by atoms with Crippen molar-refractivity contribution >= 4 is 22.7 Å². The van der Waals surface area contributed by atoms with E-state index in [-0.39, 0.29) is 18.4 Å². The predicted molar refractivity (Wildman–Crippen MR) is 121 cm³/mol. The van der Waals surface area contributed by atoms with Gasteiger partial charge in [0.25, 0.3) is 5.91 Å². The quantitative estimate of drug-likeness (QED) is 0.664. The van der Waals surface area contributed by atoms with E-state index >= 15 is 0 Å². The third-order valence-electron chi connectivity index (χ3n) is 7.11. The van der Waals surface area contributed by atoms with Crippen LogP contribution in [0, 0.1) is 5.82 Å². The summed E-state index contributed by atoms with van der Waals surface area (Å²) in [4.78, 5) is 29.0. The zero-order chi connectivity index (χ0) is 23.5. The molecule has 172 valence electrons. The molecule has 1 N–H and O–H groups in total. The fourth-order valence-corrected chi connectivity index (χ4v) is 5.50. The van der Waals surface area contributed by atoms with Crippen molar-refractivity contribution in [3.05, 3.63) is 65.1 Å². The Balaban J connectivity index is 1.69.